The number of nitrogens with one attached hydrogen (secondary N) is 1. The van der Waals surface area contributed by atoms with Gasteiger partial charge in [0.05, 0.1) is 6.54 Å². The van der Waals surface area contributed by atoms with E-state index in [2.05, 4.69) is 20.5 Å². The van der Waals surface area contributed by atoms with Crippen LogP contribution in [0.4, 0.5) is 0 Å². The third kappa shape index (κ3) is 3.57. The summed E-state index contributed by atoms with van der Waals surface area (Å²) in [6.45, 7) is 2.22. The normalized spacial score (nSPS) is 11.4. The van der Waals surface area contributed by atoms with E-state index in [4.69, 9.17) is 4.42 Å². The van der Waals surface area contributed by atoms with E-state index in [0.29, 0.717) is 22.9 Å². The predicted octanol–water partition coefficient (Wildman–Crippen LogP) is 4.46. The van der Waals surface area contributed by atoms with Crippen LogP contribution in [0.3, 0.4) is 0 Å². The highest BCUT2D eigenvalue weighted by Gasteiger charge is 2.21. The maximum absolute atomic E-state index is 13.0. The number of fused-ring (bicyclic) bond motifs is 2. The summed E-state index contributed by atoms with van der Waals surface area (Å²) in [4.78, 5) is 17.5. The van der Waals surface area contributed by atoms with Gasteiger partial charge in [0.2, 0.25) is 0 Å². The van der Waals surface area contributed by atoms with Crippen molar-refractivity contribution in [2.24, 2.45) is 0 Å². The topological polar surface area (TPSA) is 85.3 Å². The third-order valence-corrected chi connectivity index (χ3v) is 6.80. The summed E-state index contributed by atoms with van der Waals surface area (Å²) < 4.78 is 8.75. The SMILES string of the molecule is Cc1csc(SCc2c(C(=O)NCc3nnc4ccccn34)oc3ccccc23)n1. The van der Waals surface area contributed by atoms with Gasteiger partial charge in [-0.25, -0.2) is 4.98 Å². The first-order chi connectivity index (χ1) is 14.7. The van der Waals surface area contributed by atoms with Crippen LogP contribution in [0.1, 0.15) is 27.6 Å². The summed E-state index contributed by atoms with van der Waals surface area (Å²) in [5.74, 6) is 1.31. The van der Waals surface area contributed by atoms with Crippen molar-refractivity contribution in [2.45, 2.75) is 23.6 Å². The first kappa shape index (κ1) is 18.8. The number of benzene rings is 1. The van der Waals surface area contributed by atoms with Crippen molar-refractivity contribution in [3.63, 3.8) is 0 Å². The quantitative estimate of drug-likeness (QED) is 0.396. The largest absolute Gasteiger partial charge is 0.451 e. The summed E-state index contributed by atoms with van der Waals surface area (Å²) in [6.07, 6.45) is 1.87. The minimum absolute atomic E-state index is 0.249. The van der Waals surface area contributed by atoms with Crippen molar-refractivity contribution < 1.29 is 9.21 Å². The van der Waals surface area contributed by atoms with Gasteiger partial charge in [-0.15, -0.1) is 21.5 Å². The Morgan fingerprint density at radius 2 is 2.07 bits per heavy atom. The van der Waals surface area contributed by atoms with E-state index in [1.807, 2.05) is 65.4 Å². The molecular weight excluding hydrogens is 418 g/mol. The van der Waals surface area contributed by atoms with Crippen LogP contribution in [-0.2, 0) is 12.3 Å². The Morgan fingerprint density at radius 1 is 1.20 bits per heavy atom. The molecule has 0 unspecified atom stereocenters. The van der Waals surface area contributed by atoms with Gasteiger partial charge in [0.1, 0.15) is 9.92 Å². The van der Waals surface area contributed by atoms with E-state index in [1.54, 1.807) is 23.1 Å². The van der Waals surface area contributed by atoms with Crippen molar-refractivity contribution in [2.75, 3.05) is 0 Å². The summed E-state index contributed by atoms with van der Waals surface area (Å²) in [5, 5.41) is 14.2. The lowest BCUT2D eigenvalue weighted by Gasteiger charge is -2.04. The molecule has 0 spiro atoms. The smallest absolute Gasteiger partial charge is 0.287 e. The lowest BCUT2D eigenvalue weighted by Crippen LogP contribution is -2.24. The van der Waals surface area contributed by atoms with Gasteiger partial charge < -0.3 is 9.73 Å². The number of aryl methyl sites for hydroxylation is 1. The second kappa shape index (κ2) is 7.92. The number of carbonyl (C=O) groups is 1. The Hall–Kier alpha value is -3.17. The van der Waals surface area contributed by atoms with E-state index in [9.17, 15) is 4.79 Å². The third-order valence-electron chi connectivity index (χ3n) is 4.63. The van der Waals surface area contributed by atoms with Gasteiger partial charge in [0.15, 0.2) is 17.2 Å². The van der Waals surface area contributed by atoms with Gasteiger partial charge in [-0.1, -0.05) is 36.0 Å². The molecule has 150 valence electrons. The molecule has 4 aromatic heterocycles. The van der Waals surface area contributed by atoms with Gasteiger partial charge >= 0.3 is 0 Å². The molecule has 5 aromatic rings. The molecule has 1 N–H and O–H groups in total. The van der Waals surface area contributed by atoms with Gasteiger partial charge in [0.25, 0.3) is 5.91 Å². The highest BCUT2D eigenvalue weighted by atomic mass is 32.2. The van der Waals surface area contributed by atoms with Crippen molar-refractivity contribution in [1.82, 2.24) is 24.9 Å². The van der Waals surface area contributed by atoms with Crippen LogP contribution in [0.25, 0.3) is 16.6 Å². The number of carbonyl (C=O) groups excluding carboxylic acids is 1. The molecule has 5 rings (SSSR count). The first-order valence-electron chi connectivity index (χ1n) is 9.31. The summed E-state index contributed by atoms with van der Waals surface area (Å²) >= 11 is 3.21. The van der Waals surface area contributed by atoms with Crippen molar-refractivity contribution in [3.8, 4) is 0 Å². The molecule has 0 bridgehead atoms. The van der Waals surface area contributed by atoms with Gasteiger partial charge in [-0.05, 0) is 25.1 Å². The number of rotatable bonds is 6. The number of hydrogen-bond acceptors (Lipinski definition) is 7. The van der Waals surface area contributed by atoms with Crippen molar-refractivity contribution >= 4 is 45.6 Å². The van der Waals surface area contributed by atoms with Gasteiger partial charge in [-0.2, -0.15) is 0 Å². The lowest BCUT2D eigenvalue weighted by atomic mass is 10.1. The number of para-hydroxylation sites is 1. The highest BCUT2D eigenvalue weighted by molar-refractivity contribution is 8.00. The Labute approximate surface area is 180 Å². The second-order valence-corrected chi connectivity index (χ2v) is 8.76. The van der Waals surface area contributed by atoms with E-state index in [-0.39, 0.29) is 12.5 Å². The fourth-order valence-electron chi connectivity index (χ4n) is 3.21. The zero-order valence-corrected chi connectivity index (χ0v) is 17.7. The number of thiazole rings is 1. The maximum atomic E-state index is 13.0. The molecule has 0 saturated carbocycles. The van der Waals surface area contributed by atoms with Crippen LogP contribution in [0, 0.1) is 6.92 Å². The zero-order valence-electron chi connectivity index (χ0n) is 16.0. The van der Waals surface area contributed by atoms with E-state index in [1.165, 1.54) is 0 Å². The first-order valence-corrected chi connectivity index (χ1v) is 11.2. The van der Waals surface area contributed by atoms with Gasteiger partial charge in [-0.3, -0.25) is 9.20 Å². The number of amides is 1. The zero-order chi connectivity index (χ0) is 20.5. The maximum Gasteiger partial charge on any atom is 0.287 e. The van der Waals surface area contributed by atoms with Crippen LogP contribution >= 0.6 is 23.1 Å². The molecule has 7 nitrogen and oxygen atoms in total. The average molecular weight is 436 g/mol. The van der Waals surface area contributed by atoms with Crippen LogP contribution in [0.2, 0.25) is 0 Å². The molecule has 0 aliphatic heterocycles. The van der Waals surface area contributed by atoms with Crippen LogP contribution < -0.4 is 5.32 Å². The molecule has 1 aromatic carbocycles. The Kier molecular flexibility index (Phi) is 4.97. The van der Waals surface area contributed by atoms with E-state index >= 15 is 0 Å². The minimum Gasteiger partial charge on any atom is -0.451 e. The minimum atomic E-state index is -0.273. The number of aromatic nitrogens is 4. The summed E-state index contributed by atoms with van der Waals surface area (Å²) in [5.41, 5.74) is 3.30. The van der Waals surface area contributed by atoms with Crippen molar-refractivity contribution in [3.05, 3.63) is 76.9 Å². The standard InChI is InChI=1S/C21H17N5O2S2/c1-13-11-29-21(23-13)30-12-15-14-6-2-3-7-16(14)28-19(15)20(27)22-10-18-25-24-17-8-4-5-9-26(17)18/h2-9,11H,10,12H2,1H3,(H,22,27). The van der Waals surface area contributed by atoms with Crippen molar-refractivity contribution in [1.29, 1.82) is 0 Å². The average Bonchev–Trinajstić information content (AvgIpc) is 3.47. The molecule has 1 amide bonds. The molecule has 0 radical (unpaired) electrons. The molecular formula is C21H17N5O2S2. The Balaban J connectivity index is 1.40. The predicted molar refractivity (Wildman–Crippen MR) is 117 cm³/mol. The monoisotopic (exact) mass is 435 g/mol. The number of furan rings is 1. The molecule has 0 aliphatic rings. The fraction of sp³-hybridized carbons (Fsp3) is 0.143. The molecule has 0 atom stereocenters. The summed E-state index contributed by atoms with van der Waals surface area (Å²) in [6, 6.07) is 13.4. The van der Waals surface area contributed by atoms with Gasteiger partial charge in [0, 0.05) is 34.0 Å². The molecule has 9 heteroatoms. The van der Waals surface area contributed by atoms with E-state index < -0.39 is 0 Å². The number of nitrogens with zero attached hydrogens (tertiary/aromatic N) is 4. The number of pyridine rings is 1. The number of thioether (sulfide) groups is 1. The van der Waals surface area contributed by atoms with Crippen LogP contribution in [0.15, 0.2) is 62.8 Å². The van der Waals surface area contributed by atoms with Crippen LogP contribution in [0.5, 0.6) is 0 Å². The molecule has 0 saturated heterocycles. The Bertz CT molecular complexity index is 1350. The second-order valence-electron chi connectivity index (χ2n) is 6.68. The molecule has 0 fully saturated rings. The van der Waals surface area contributed by atoms with Crippen LogP contribution in [-0.4, -0.2) is 25.5 Å². The fourth-order valence-corrected chi connectivity index (χ4v) is 5.09. The Morgan fingerprint density at radius 3 is 2.93 bits per heavy atom. The lowest BCUT2D eigenvalue weighted by molar-refractivity contribution is 0.0923. The molecule has 30 heavy (non-hydrogen) atoms. The summed E-state index contributed by atoms with van der Waals surface area (Å²) in [7, 11) is 0. The molecule has 4 heterocycles. The molecule has 0 aliphatic carbocycles. The highest BCUT2D eigenvalue weighted by Crippen LogP contribution is 2.33. The number of hydrogen-bond donors (Lipinski definition) is 1. The van der Waals surface area contributed by atoms with E-state index in [0.717, 1.165) is 26.6 Å².